The summed E-state index contributed by atoms with van der Waals surface area (Å²) in [5.41, 5.74) is 17.6. The fraction of sp³-hybridized carbons (Fsp3) is 0. The van der Waals surface area contributed by atoms with E-state index in [2.05, 4.69) is 254 Å². The number of hydrogen-bond donors (Lipinski definition) is 0. The molecule has 0 spiro atoms. The van der Waals surface area contributed by atoms with Gasteiger partial charge in [-0.3, -0.25) is 0 Å². The van der Waals surface area contributed by atoms with Gasteiger partial charge in [0.2, 0.25) is 0 Å². The lowest BCUT2D eigenvalue weighted by atomic mass is 9.88. The van der Waals surface area contributed by atoms with Gasteiger partial charge < -0.3 is 4.90 Å². The first-order chi connectivity index (χ1) is 29.3. The SMILES string of the molecule is c1ccc(-c2cccc(N(c3ccc(-c4ccc(-c5ccc6ccccc6c5)cc4)cc3)c3ccccc3-c3ccccc3-c3ccccc3-c3ccccc3)c2)cc1. The van der Waals surface area contributed by atoms with Crippen LogP contribution in [0.4, 0.5) is 17.1 Å². The molecule has 1 heteroatoms. The molecule has 0 aromatic heterocycles. The van der Waals surface area contributed by atoms with Gasteiger partial charge in [-0.25, -0.2) is 0 Å². The Hall–Kier alpha value is -7.74. The molecular formula is C58H41N. The average Bonchev–Trinajstić information content (AvgIpc) is 3.33. The van der Waals surface area contributed by atoms with Gasteiger partial charge in [0.15, 0.2) is 0 Å². The van der Waals surface area contributed by atoms with Crippen molar-refractivity contribution >= 4 is 27.8 Å². The van der Waals surface area contributed by atoms with Crippen molar-refractivity contribution in [3.05, 3.63) is 249 Å². The molecular weight excluding hydrogens is 711 g/mol. The van der Waals surface area contributed by atoms with E-state index in [9.17, 15) is 0 Å². The molecule has 0 radical (unpaired) electrons. The highest BCUT2D eigenvalue weighted by atomic mass is 15.1. The van der Waals surface area contributed by atoms with E-state index >= 15 is 0 Å². The van der Waals surface area contributed by atoms with Gasteiger partial charge in [-0.05, 0) is 108 Å². The predicted molar refractivity (Wildman–Crippen MR) is 251 cm³/mol. The summed E-state index contributed by atoms with van der Waals surface area (Å²) in [5, 5.41) is 2.51. The Morgan fingerprint density at radius 2 is 0.627 bits per heavy atom. The molecule has 59 heavy (non-hydrogen) atoms. The van der Waals surface area contributed by atoms with Gasteiger partial charge in [0.1, 0.15) is 0 Å². The summed E-state index contributed by atoms with van der Waals surface area (Å²) in [7, 11) is 0. The van der Waals surface area contributed by atoms with Crippen LogP contribution in [0.3, 0.4) is 0 Å². The molecule has 0 amide bonds. The Labute approximate surface area is 346 Å². The lowest BCUT2D eigenvalue weighted by molar-refractivity contribution is 1.28. The maximum absolute atomic E-state index is 2.41. The standard InChI is InChI=1S/C58H41N/c1-3-16-42(17-4-1)49-22-15-23-52(41-49)59(51-38-36-45(37-39-51)44-30-32-46(33-31-44)50-35-34-43-18-7-8-21-48(43)40-50)58-29-14-13-28-57(58)56-27-12-11-26-55(56)54-25-10-9-24-53(54)47-19-5-2-6-20-47/h1-41H. The topological polar surface area (TPSA) is 3.24 Å². The zero-order chi connectivity index (χ0) is 39.4. The van der Waals surface area contributed by atoms with Crippen molar-refractivity contribution in [2.75, 3.05) is 4.90 Å². The van der Waals surface area contributed by atoms with Crippen molar-refractivity contribution in [2.24, 2.45) is 0 Å². The normalized spacial score (nSPS) is 11.1. The molecule has 10 rings (SSSR count). The highest BCUT2D eigenvalue weighted by Crippen LogP contribution is 2.46. The molecule has 0 atom stereocenters. The van der Waals surface area contributed by atoms with E-state index in [1.165, 1.54) is 72.0 Å². The van der Waals surface area contributed by atoms with Crippen LogP contribution >= 0.6 is 0 Å². The van der Waals surface area contributed by atoms with Crippen LogP contribution in [-0.2, 0) is 0 Å². The van der Waals surface area contributed by atoms with Crippen LogP contribution in [0.1, 0.15) is 0 Å². The molecule has 0 bridgehead atoms. The molecule has 0 saturated heterocycles. The molecule has 0 saturated carbocycles. The molecule has 278 valence electrons. The third kappa shape index (κ3) is 7.23. The number of nitrogens with zero attached hydrogens (tertiary/aromatic N) is 1. The van der Waals surface area contributed by atoms with Crippen molar-refractivity contribution in [1.82, 2.24) is 0 Å². The molecule has 1 nitrogen and oxygen atoms in total. The minimum atomic E-state index is 1.08. The number of anilines is 3. The third-order valence-corrected chi connectivity index (χ3v) is 11.3. The highest BCUT2D eigenvalue weighted by Gasteiger charge is 2.20. The van der Waals surface area contributed by atoms with E-state index in [-0.39, 0.29) is 0 Å². The molecule has 0 heterocycles. The summed E-state index contributed by atoms with van der Waals surface area (Å²) >= 11 is 0. The summed E-state index contributed by atoms with van der Waals surface area (Å²) < 4.78 is 0. The zero-order valence-electron chi connectivity index (χ0n) is 32.6. The van der Waals surface area contributed by atoms with Crippen molar-refractivity contribution in [1.29, 1.82) is 0 Å². The van der Waals surface area contributed by atoms with Crippen LogP contribution in [0.25, 0.3) is 77.5 Å². The number of rotatable bonds is 9. The van der Waals surface area contributed by atoms with Crippen LogP contribution in [0, 0.1) is 0 Å². The molecule has 0 fully saturated rings. The van der Waals surface area contributed by atoms with Gasteiger partial charge >= 0.3 is 0 Å². The van der Waals surface area contributed by atoms with Crippen molar-refractivity contribution in [3.8, 4) is 66.8 Å². The Kier molecular flexibility index (Phi) is 9.68. The van der Waals surface area contributed by atoms with E-state index in [0.29, 0.717) is 0 Å². The first-order valence-electron chi connectivity index (χ1n) is 20.3. The van der Waals surface area contributed by atoms with E-state index in [1.807, 2.05) is 0 Å². The summed E-state index contributed by atoms with van der Waals surface area (Å²) in [4.78, 5) is 2.41. The quantitative estimate of drug-likeness (QED) is 0.142. The average molecular weight is 752 g/mol. The maximum atomic E-state index is 2.41. The van der Waals surface area contributed by atoms with Gasteiger partial charge in [0, 0.05) is 16.9 Å². The van der Waals surface area contributed by atoms with E-state index in [0.717, 1.165) is 22.6 Å². The second-order valence-corrected chi connectivity index (χ2v) is 14.9. The van der Waals surface area contributed by atoms with E-state index in [4.69, 9.17) is 0 Å². The zero-order valence-corrected chi connectivity index (χ0v) is 32.6. The van der Waals surface area contributed by atoms with Gasteiger partial charge in [-0.2, -0.15) is 0 Å². The minimum absolute atomic E-state index is 1.08. The molecule has 0 aliphatic heterocycles. The van der Waals surface area contributed by atoms with Gasteiger partial charge in [-0.15, -0.1) is 0 Å². The number of benzene rings is 10. The lowest BCUT2D eigenvalue weighted by Gasteiger charge is -2.29. The van der Waals surface area contributed by atoms with Crippen molar-refractivity contribution in [2.45, 2.75) is 0 Å². The van der Waals surface area contributed by atoms with Crippen LogP contribution in [0.15, 0.2) is 249 Å². The van der Waals surface area contributed by atoms with Crippen molar-refractivity contribution in [3.63, 3.8) is 0 Å². The number of hydrogen-bond acceptors (Lipinski definition) is 1. The monoisotopic (exact) mass is 751 g/mol. The maximum Gasteiger partial charge on any atom is 0.0540 e. The van der Waals surface area contributed by atoms with Crippen molar-refractivity contribution < 1.29 is 0 Å². The summed E-state index contributed by atoms with van der Waals surface area (Å²) in [6.45, 7) is 0. The fourth-order valence-electron chi connectivity index (χ4n) is 8.35. The summed E-state index contributed by atoms with van der Waals surface area (Å²) in [5.74, 6) is 0. The first-order valence-corrected chi connectivity index (χ1v) is 20.3. The second kappa shape index (κ2) is 16.0. The van der Waals surface area contributed by atoms with Crippen LogP contribution in [0.5, 0.6) is 0 Å². The number of fused-ring (bicyclic) bond motifs is 1. The van der Waals surface area contributed by atoms with Gasteiger partial charge in [0.25, 0.3) is 0 Å². The Balaban J connectivity index is 1.07. The highest BCUT2D eigenvalue weighted by molar-refractivity contribution is 5.97. The van der Waals surface area contributed by atoms with Crippen LogP contribution < -0.4 is 4.90 Å². The molecule has 0 aliphatic rings. The molecule has 0 aliphatic carbocycles. The molecule has 0 unspecified atom stereocenters. The molecule has 0 N–H and O–H groups in total. The predicted octanol–water partition coefficient (Wildman–Crippen LogP) is 16.3. The van der Waals surface area contributed by atoms with Gasteiger partial charge in [-0.1, -0.05) is 212 Å². The largest absolute Gasteiger partial charge is 0.310 e. The Morgan fingerprint density at radius 3 is 1.31 bits per heavy atom. The fourth-order valence-corrected chi connectivity index (χ4v) is 8.35. The number of para-hydroxylation sites is 1. The molecule has 10 aromatic rings. The van der Waals surface area contributed by atoms with E-state index in [1.54, 1.807) is 0 Å². The smallest absolute Gasteiger partial charge is 0.0540 e. The third-order valence-electron chi connectivity index (χ3n) is 11.3. The Bertz CT molecular complexity index is 3020. The lowest BCUT2D eigenvalue weighted by Crippen LogP contribution is -2.11. The second-order valence-electron chi connectivity index (χ2n) is 14.9. The minimum Gasteiger partial charge on any atom is -0.310 e. The molecule has 10 aromatic carbocycles. The van der Waals surface area contributed by atoms with E-state index < -0.39 is 0 Å². The summed E-state index contributed by atoms with van der Waals surface area (Å²) in [6.07, 6.45) is 0. The van der Waals surface area contributed by atoms with Crippen LogP contribution in [-0.4, -0.2) is 0 Å². The van der Waals surface area contributed by atoms with Crippen LogP contribution in [0.2, 0.25) is 0 Å². The first kappa shape index (κ1) is 35.7. The Morgan fingerprint density at radius 1 is 0.203 bits per heavy atom. The summed E-state index contributed by atoms with van der Waals surface area (Å²) in [6, 6.07) is 89.8. The van der Waals surface area contributed by atoms with Gasteiger partial charge in [0.05, 0.1) is 5.69 Å².